The first-order valence-corrected chi connectivity index (χ1v) is 6.61. The van der Waals surface area contributed by atoms with Crippen molar-refractivity contribution in [3.05, 3.63) is 22.7 Å². The highest BCUT2D eigenvalue weighted by atomic mass is 79.9. The predicted octanol–water partition coefficient (Wildman–Crippen LogP) is 1.56. The molecule has 1 heterocycles. The van der Waals surface area contributed by atoms with E-state index in [0.29, 0.717) is 5.69 Å². The SMILES string of the molecule is CC1C(=O)Nc2cc(Br)ccc2S1(=O)=O. The van der Waals surface area contributed by atoms with Crippen molar-refractivity contribution < 1.29 is 13.2 Å². The minimum Gasteiger partial charge on any atom is -0.324 e. The Morgan fingerprint density at radius 1 is 1.40 bits per heavy atom. The molecule has 1 amide bonds. The minimum atomic E-state index is -3.52. The molecular formula is C9H8BrNO3S. The zero-order valence-electron chi connectivity index (χ0n) is 7.82. The fraction of sp³-hybridized carbons (Fsp3) is 0.222. The first-order valence-electron chi connectivity index (χ1n) is 4.27. The number of carbonyl (C=O) groups excluding carboxylic acids is 1. The molecule has 6 heteroatoms. The summed E-state index contributed by atoms with van der Waals surface area (Å²) in [5.41, 5.74) is 0.340. The first-order chi connectivity index (χ1) is 6.93. The summed E-state index contributed by atoms with van der Waals surface area (Å²) in [6.07, 6.45) is 0. The van der Waals surface area contributed by atoms with Crippen LogP contribution in [0.1, 0.15) is 6.92 Å². The van der Waals surface area contributed by atoms with Crippen LogP contribution >= 0.6 is 15.9 Å². The number of amides is 1. The van der Waals surface area contributed by atoms with Crippen molar-refractivity contribution in [3.8, 4) is 0 Å². The molecule has 2 rings (SSSR count). The fourth-order valence-electron chi connectivity index (χ4n) is 1.41. The Hall–Kier alpha value is -0.880. The van der Waals surface area contributed by atoms with E-state index in [1.54, 1.807) is 12.1 Å². The third kappa shape index (κ3) is 1.57. The summed E-state index contributed by atoms with van der Waals surface area (Å²) < 4.78 is 24.4. The summed E-state index contributed by atoms with van der Waals surface area (Å²) in [5.74, 6) is -0.486. The molecule has 0 radical (unpaired) electrons. The van der Waals surface area contributed by atoms with Gasteiger partial charge in [0.2, 0.25) is 5.91 Å². The lowest BCUT2D eigenvalue weighted by Gasteiger charge is -2.22. The van der Waals surface area contributed by atoms with Crippen molar-refractivity contribution in [1.82, 2.24) is 0 Å². The fourth-order valence-corrected chi connectivity index (χ4v) is 3.17. The van der Waals surface area contributed by atoms with Crippen molar-refractivity contribution in [2.45, 2.75) is 17.1 Å². The molecule has 0 fully saturated rings. The molecule has 1 atom stereocenters. The van der Waals surface area contributed by atoms with E-state index < -0.39 is 21.0 Å². The zero-order chi connectivity index (χ0) is 11.2. The number of rotatable bonds is 0. The summed E-state index contributed by atoms with van der Waals surface area (Å²) in [5, 5.41) is 1.54. The molecule has 1 N–H and O–H groups in total. The first kappa shape index (κ1) is 10.6. The number of sulfone groups is 1. The number of hydrogen-bond donors (Lipinski definition) is 1. The number of hydrogen-bond acceptors (Lipinski definition) is 3. The van der Waals surface area contributed by atoms with Gasteiger partial charge in [0.15, 0.2) is 9.84 Å². The minimum absolute atomic E-state index is 0.179. The van der Waals surface area contributed by atoms with Crippen LogP contribution in [-0.4, -0.2) is 19.6 Å². The third-order valence-electron chi connectivity index (χ3n) is 2.34. The van der Waals surface area contributed by atoms with Gasteiger partial charge in [0.05, 0.1) is 10.6 Å². The van der Waals surface area contributed by atoms with E-state index >= 15 is 0 Å². The predicted molar refractivity (Wildman–Crippen MR) is 59.4 cm³/mol. The molecule has 1 aliphatic rings. The van der Waals surface area contributed by atoms with E-state index in [9.17, 15) is 13.2 Å². The maximum atomic E-state index is 11.8. The molecule has 1 aromatic rings. The van der Waals surface area contributed by atoms with Crippen molar-refractivity contribution in [3.63, 3.8) is 0 Å². The summed E-state index contributed by atoms with van der Waals surface area (Å²) in [7, 11) is -3.52. The van der Waals surface area contributed by atoms with Gasteiger partial charge in [0.25, 0.3) is 0 Å². The summed E-state index contributed by atoms with van der Waals surface area (Å²) in [6.45, 7) is 1.38. The molecule has 0 spiro atoms. The number of fused-ring (bicyclic) bond motifs is 1. The molecule has 0 aromatic heterocycles. The Morgan fingerprint density at radius 3 is 2.73 bits per heavy atom. The number of benzene rings is 1. The second kappa shape index (κ2) is 3.31. The Kier molecular flexibility index (Phi) is 2.35. The smallest absolute Gasteiger partial charge is 0.242 e. The third-order valence-corrected chi connectivity index (χ3v) is 4.95. The van der Waals surface area contributed by atoms with Gasteiger partial charge in [-0.1, -0.05) is 15.9 Å². The van der Waals surface area contributed by atoms with Gasteiger partial charge in [-0.05, 0) is 25.1 Å². The number of nitrogens with one attached hydrogen (secondary N) is 1. The molecule has 4 nitrogen and oxygen atoms in total. The molecule has 0 aliphatic carbocycles. The molecule has 80 valence electrons. The average molecular weight is 290 g/mol. The second-order valence-electron chi connectivity index (χ2n) is 3.32. The van der Waals surface area contributed by atoms with E-state index in [-0.39, 0.29) is 4.90 Å². The van der Waals surface area contributed by atoms with E-state index in [0.717, 1.165) is 4.47 Å². The zero-order valence-corrected chi connectivity index (χ0v) is 10.2. The molecule has 15 heavy (non-hydrogen) atoms. The molecule has 1 unspecified atom stereocenters. The normalized spacial score (nSPS) is 23.1. The van der Waals surface area contributed by atoms with Gasteiger partial charge >= 0.3 is 0 Å². The van der Waals surface area contributed by atoms with Gasteiger partial charge in [-0.15, -0.1) is 0 Å². The average Bonchev–Trinajstić information content (AvgIpc) is 2.14. The van der Waals surface area contributed by atoms with E-state index in [1.165, 1.54) is 13.0 Å². The number of carbonyl (C=O) groups is 1. The van der Waals surface area contributed by atoms with Crippen LogP contribution in [0.5, 0.6) is 0 Å². The van der Waals surface area contributed by atoms with Crippen LogP contribution in [0, 0.1) is 0 Å². The highest BCUT2D eigenvalue weighted by Gasteiger charge is 2.36. The van der Waals surface area contributed by atoms with E-state index in [4.69, 9.17) is 0 Å². The standard InChI is InChI=1S/C9H8BrNO3S/c1-5-9(12)11-7-4-6(10)2-3-8(7)15(5,13)14/h2-5H,1H3,(H,11,12). The molecule has 0 bridgehead atoms. The molecule has 1 aromatic carbocycles. The van der Waals surface area contributed by atoms with Crippen molar-refractivity contribution in [2.75, 3.05) is 5.32 Å². The Bertz CT molecular complexity index is 538. The molecule has 0 saturated carbocycles. The van der Waals surface area contributed by atoms with Crippen LogP contribution in [0.25, 0.3) is 0 Å². The highest BCUT2D eigenvalue weighted by molar-refractivity contribution is 9.10. The lowest BCUT2D eigenvalue weighted by atomic mass is 10.3. The Balaban J connectivity index is 2.72. The van der Waals surface area contributed by atoms with Crippen LogP contribution in [0.15, 0.2) is 27.6 Å². The summed E-state index contributed by atoms with van der Waals surface area (Å²) in [4.78, 5) is 11.6. The van der Waals surface area contributed by atoms with Crippen LogP contribution in [0.2, 0.25) is 0 Å². The highest BCUT2D eigenvalue weighted by Crippen LogP contribution is 2.32. The van der Waals surface area contributed by atoms with Crippen LogP contribution in [-0.2, 0) is 14.6 Å². The van der Waals surface area contributed by atoms with Gasteiger partial charge in [0.1, 0.15) is 5.25 Å². The lowest BCUT2D eigenvalue weighted by Crippen LogP contribution is -2.37. The van der Waals surface area contributed by atoms with Crippen molar-refractivity contribution >= 4 is 37.4 Å². The van der Waals surface area contributed by atoms with Crippen LogP contribution in [0.3, 0.4) is 0 Å². The monoisotopic (exact) mass is 289 g/mol. The van der Waals surface area contributed by atoms with Gasteiger partial charge in [0, 0.05) is 4.47 Å². The number of anilines is 1. The Morgan fingerprint density at radius 2 is 2.07 bits per heavy atom. The topological polar surface area (TPSA) is 63.2 Å². The van der Waals surface area contributed by atoms with Crippen molar-refractivity contribution in [2.24, 2.45) is 0 Å². The molecule has 1 aliphatic heterocycles. The molecular weight excluding hydrogens is 282 g/mol. The van der Waals surface area contributed by atoms with Gasteiger partial charge in [-0.2, -0.15) is 0 Å². The summed E-state index contributed by atoms with van der Waals surface area (Å²) >= 11 is 3.22. The van der Waals surface area contributed by atoms with Gasteiger partial charge in [-0.3, -0.25) is 4.79 Å². The van der Waals surface area contributed by atoms with Gasteiger partial charge in [-0.25, -0.2) is 8.42 Å². The largest absolute Gasteiger partial charge is 0.324 e. The summed E-state index contributed by atoms with van der Waals surface area (Å²) in [6, 6.07) is 4.71. The van der Waals surface area contributed by atoms with Crippen LogP contribution in [0.4, 0.5) is 5.69 Å². The maximum Gasteiger partial charge on any atom is 0.242 e. The second-order valence-corrected chi connectivity index (χ2v) is 6.47. The lowest BCUT2D eigenvalue weighted by molar-refractivity contribution is -0.115. The van der Waals surface area contributed by atoms with E-state index in [2.05, 4.69) is 21.2 Å². The molecule has 0 saturated heterocycles. The quantitative estimate of drug-likeness (QED) is 0.788. The van der Waals surface area contributed by atoms with E-state index in [1.807, 2.05) is 0 Å². The number of halogens is 1. The van der Waals surface area contributed by atoms with Gasteiger partial charge < -0.3 is 5.32 Å². The van der Waals surface area contributed by atoms with Crippen molar-refractivity contribution in [1.29, 1.82) is 0 Å². The maximum absolute atomic E-state index is 11.8. The van der Waals surface area contributed by atoms with Crippen LogP contribution < -0.4 is 5.32 Å². The Labute approximate surface area is 95.7 Å².